The molecule has 0 rings (SSSR count). The van der Waals surface area contributed by atoms with Crippen LogP contribution in [0.5, 0.6) is 0 Å². The Morgan fingerprint density at radius 3 is 2.43 bits per heavy atom. The number of carbonyl (C=O) groups is 1. The van der Waals surface area contributed by atoms with E-state index in [4.69, 9.17) is 11.6 Å². The Morgan fingerprint density at radius 1 is 1.43 bits per heavy atom. The number of hydrogen-bond donors (Lipinski definition) is 4. The first kappa shape index (κ1) is 12.7. The van der Waals surface area contributed by atoms with Crippen molar-refractivity contribution in [3.63, 3.8) is 0 Å². The van der Waals surface area contributed by atoms with E-state index in [-0.39, 0.29) is 17.4 Å². The summed E-state index contributed by atoms with van der Waals surface area (Å²) in [6.45, 7) is 6.09. The van der Waals surface area contributed by atoms with E-state index >= 15 is 0 Å². The third kappa shape index (κ3) is 7.35. The Bertz CT molecular complexity index is 218. The van der Waals surface area contributed by atoms with Gasteiger partial charge in [-0.15, -0.1) is 0 Å². The molecule has 0 bridgehead atoms. The number of nitrogens with one attached hydrogen (secondary N) is 2. The average molecular weight is 201 g/mol. The lowest BCUT2D eigenvalue weighted by Gasteiger charge is -2.20. The molecule has 82 valence electrons. The van der Waals surface area contributed by atoms with Gasteiger partial charge in [-0.2, -0.15) is 0 Å². The third-order valence-electron chi connectivity index (χ3n) is 1.28. The van der Waals surface area contributed by atoms with Crippen molar-refractivity contribution < 1.29 is 4.79 Å². The Hall–Kier alpha value is -1.30. The number of hydrazine groups is 1. The Labute approximate surface area is 84.1 Å². The number of guanidine groups is 1. The van der Waals surface area contributed by atoms with E-state index < -0.39 is 0 Å². The van der Waals surface area contributed by atoms with Crippen molar-refractivity contribution in [1.82, 2.24) is 10.7 Å². The number of hydrogen-bond acceptors (Lipinski definition) is 3. The molecule has 0 aliphatic heterocycles. The number of carbonyl (C=O) groups excluding carboxylic acids is 1. The second kappa shape index (κ2) is 5.43. The van der Waals surface area contributed by atoms with Crippen LogP contribution in [-0.4, -0.2) is 24.0 Å². The number of rotatable bonds is 3. The molecule has 14 heavy (non-hydrogen) atoms. The smallest absolute Gasteiger partial charge is 0.222 e. The van der Waals surface area contributed by atoms with E-state index in [1.54, 1.807) is 0 Å². The number of amides is 1. The van der Waals surface area contributed by atoms with Crippen molar-refractivity contribution in [1.29, 1.82) is 0 Å². The van der Waals surface area contributed by atoms with Gasteiger partial charge in [0.25, 0.3) is 0 Å². The molecule has 0 spiro atoms. The van der Waals surface area contributed by atoms with Crippen LogP contribution in [0.1, 0.15) is 27.2 Å². The summed E-state index contributed by atoms with van der Waals surface area (Å²) in [7, 11) is 0. The molecule has 0 radical (unpaired) electrons. The number of nitrogens with zero attached hydrogens (tertiary/aromatic N) is 1. The van der Waals surface area contributed by atoms with Gasteiger partial charge >= 0.3 is 0 Å². The Morgan fingerprint density at radius 2 is 2.00 bits per heavy atom. The fourth-order valence-corrected chi connectivity index (χ4v) is 0.804. The van der Waals surface area contributed by atoms with E-state index in [0.29, 0.717) is 13.0 Å². The van der Waals surface area contributed by atoms with Crippen molar-refractivity contribution in [3.8, 4) is 0 Å². The van der Waals surface area contributed by atoms with Crippen LogP contribution in [0.25, 0.3) is 0 Å². The number of aliphatic imine (C=N–C) groups is 1. The summed E-state index contributed by atoms with van der Waals surface area (Å²) in [5.74, 6) is 5.07. The van der Waals surface area contributed by atoms with Gasteiger partial charge in [0.15, 0.2) is 0 Å². The highest BCUT2D eigenvalue weighted by Crippen LogP contribution is 1.98. The maximum absolute atomic E-state index is 11.3. The topological polar surface area (TPSA) is 106 Å². The average Bonchev–Trinajstić information content (AvgIpc) is 2.00. The van der Waals surface area contributed by atoms with Gasteiger partial charge in [0, 0.05) is 12.0 Å². The zero-order chi connectivity index (χ0) is 11.2. The molecule has 0 unspecified atom stereocenters. The number of nitrogens with two attached hydrogens (primary N) is 2. The van der Waals surface area contributed by atoms with Crippen LogP contribution in [0.2, 0.25) is 0 Å². The van der Waals surface area contributed by atoms with Gasteiger partial charge in [-0.1, -0.05) is 0 Å². The lowest BCUT2D eigenvalue weighted by atomic mass is 10.1. The molecular formula is C8H19N5O. The molecule has 0 aliphatic carbocycles. The van der Waals surface area contributed by atoms with Crippen LogP contribution in [0.15, 0.2) is 4.99 Å². The van der Waals surface area contributed by atoms with Crippen molar-refractivity contribution in [2.75, 3.05) is 6.54 Å². The molecule has 6 N–H and O–H groups in total. The van der Waals surface area contributed by atoms with Crippen LogP contribution < -0.4 is 22.3 Å². The van der Waals surface area contributed by atoms with Gasteiger partial charge in [-0.25, -0.2) is 5.84 Å². The Balaban J connectivity index is 3.76. The molecule has 0 saturated heterocycles. The highest BCUT2D eigenvalue weighted by atomic mass is 16.1. The maximum atomic E-state index is 11.3. The quantitative estimate of drug-likeness (QED) is 0.205. The summed E-state index contributed by atoms with van der Waals surface area (Å²) in [6, 6.07) is 0. The second-order valence-corrected chi connectivity index (χ2v) is 3.96. The van der Waals surface area contributed by atoms with E-state index in [1.165, 1.54) is 0 Å². The summed E-state index contributed by atoms with van der Waals surface area (Å²) in [5.41, 5.74) is 7.24. The molecule has 6 nitrogen and oxygen atoms in total. The highest BCUT2D eigenvalue weighted by Gasteiger charge is 2.12. The minimum Gasteiger partial charge on any atom is -0.369 e. The highest BCUT2D eigenvalue weighted by molar-refractivity contribution is 5.79. The lowest BCUT2D eigenvalue weighted by molar-refractivity contribution is -0.122. The molecule has 0 aliphatic rings. The molecule has 0 fully saturated rings. The van der Waals surface area contributed by atoms with Crippen molar-refractivity contribution in [2.24, 2.45) is 16.6 Å². The fourth-order valence-electron chi connectivity index (χ4n) is 0.804. The largest absolute Gasteiger partial charge is 0.369 e. The van der Waals surface area contributed by atoms with Crippen molar-refractivity contribution >= 4 is 11.9 Å². The predicted octanol–water partition coefficient (Wildman–Crippen LogP) is -0.931. The molecule has 0 aromatic heterocycles. The molecule has 1 amide bonds. The summed E-state index contributed by atoms with van der Waals surface area (Å²) in [6.07, 6.45) is 0.305. The summed E-state index contributed by atoms with van der Waals surface area (Å²) >= 11 is 0. The van der Waals surface area contributed by atoms with E-state index in [9.17, 15) is 4.79 Å². The van der Waals surface area contributed by atoms with Gasteiger partial charge < -0.3 is 11.1 Å². The SMILES string of the molecule is CC(C)(C)NC(=O)CCN=C(N)NN. The summed E-state index contributed by atoms with van der Waals surface area (Å²) in [5, 5.41) is 2.81. The van der Waals surface area contributed by atoms with Gasteiger partial charge in [0.1, 0.15) is 0 Å². The van der Waals surface area contributed by atoms with Gasteiger partial charge in [-0.05, 0) is 20.8 Å². The standard InChI is InChI=1S/C8H19N5O/c1-8(2,3)12-6(14)4-5-11-7(9)13-10/h4-5,10H2,1-3H3,(H,12,14)(H3,9,11,13). The third-order valence-corrected chi connectivity index (χ3v) is 1.28. The lowest BCUT2D eigenvalue weighted by Crippen LogP contribution is -2.41. The van der Waals surface area contributed by atoms with Crippen LogP contribution in [0.4, 0.5) is 0 Å². The second-order valence-electron chi connectivity index (χ2n) is 3.96. The predicted molar refractivity (Wildman–Crippen MR) is 56.3 cm³/mol. The summed E-state index contributed by atoms with van der Waals surface area (Å²) in [4.78, 5) is 15.1. The van der Waals surface area contributed by atoms with Crippen LogP contribution in [0, 0.1) is 0 Å². The fraction of sp³-hybridized carbons (Fsp3) is 0.750. The monoisotopic (exact) mass is 201 g/mol. The Kier molecular flexibility index (Phi) is 4.93. The zero-order valence-corrected chi connectivity index (χ0v) is 8.92. The minimum absolute atomic E-state index is 0.0499. The normalized spacial score (nSPS) is 12.4. The van der Waals surface area contributed by atoms with Crippen LogP contribution in [0.3, 0.4) is 0 Å². The first-order valence-electron chi connectivity index (χ1n) is 4.42. The molecule has 6 heteroatoms. The van der Waals surface area contributed by atoms with E-state index in [0.717, 1.165) is 0 Å². The van der Waals surface area contributed by atoms with Gasteiger partial charge in [0.2, 0.25) is 11.9 Å². The molecule has 0 aromatic carbocycles. The van der Waals surface area contributed by atoms with E-state index in [1.807, 2.05) is 20.8 Å². The van der Waals surface area contributed by atoms with E-state index in [2.05, 4.69) is 15.7 Å². The molecule has 0 atom stereocenters. The van der Waals surface area contributed by atoms with Crippen molar-refractivity contribution in [2.45, 2.75) is 32.7 Å². The van der Waals surface area contributed by atoms with Gasteiger partial charge in [0.05, 0.1) is 6.54 Å². The zero-order valence-electron chi connectivity index (χ0n) is 8.92. The minimum atomic E-state index is -0.210. The first-order valence-corrected chi connectivity index (χ1v) is 4.42. The molecule has 0 saturated carbocycles. The maximum Gasteiger partial charge on any atom is 0.222 e. The molecular weight excluding hydrogens is 182 g/mol. The molecule has 0 heterocycles. The molecule has 0 aromatic rings. The van der Waals surface area contributed by atoms with Crippen molar-refractivity contribution in [3.05, 3.63) is 0 Å². The van der Waals surface area contributed by atoms with Crippen LogP contribution >= 0.6 is 0 Å². The summed E-state index contributed by atoms with van der Waals surface area (Å²) < 4.78 is 0. The first-order chi connectivity index (χ1) is 6.35. The van der Waals surface area contributed by atoms with Crippen LogP contribution in [-0.2, 0) is 4.79 Å². The van der Waals surface area contributed by atoms with Gasteiger partial charge in [-0.3, -0.25) is 15.2 Å².